The Hall–Kier alpha value is -1.06. The van der Waals surface area contributed by atoms with Crippen molar-refractivity contribution in [3.05, 3.63) is 29.8 Å². The molecule has 1 heterocycles. The first-order chi connectivity index (χ1) is 7.81. The first-order valence-electron chi connectivity index (χ1n) is 5.91. The third-order valence-corrected chi connectivity index (χ3v) is 2.80. The molecular formula is C13H19NO2. The molecule has 1 aromatic carbocycles. The molecule has 0 amide bonds. The molecule has 2 rings (SSSR count). The van der Waals surface area contributed by atoms with Crippen molar-refractivity contribution >= 4 is 0 Å². The molecule has 3 nitrogen and oxygen atoms in total. The maximum Gasteiger partial charge on any atom is 0.119 e. The van der Waals surface area contributed by atoms with Gasteiger partial charge in [0.15, 0.2) is 0 Å². The van der Waals surface area contributed by atoms with Gasteiger partial charge in [0, 0.05) is 12.6 Å². The molecule has 2 unspecified atom stereocenters. The van der Waals surface area contributed by atoms with Crippen LogP contribution in [0.1, 0.15) is 31.4 Å². The second kappa shape index (κ2) is 5.32. The van der Waals surface area contributed by atoms with Gasteiger partial charge in [-0.05, 0) is 30.5 Å². The average molecular weight is 221 g/mol. The Labute approximate surface area is 96.5 Å². The van der Waals surface area contributed by atoms with Gasteiger partial charge in [-0.15, -0.1) is 0 Å². The molecule has 0 aliphatic carbocycles. The Morgan fingerprint density at radius 3 is 3.06 bits per heavy atom. The van der Waals surface area contributed by atoms with Crippen molar-refractivity contribution in [2.24, 2.45) is 5.73 Å². The smallest absolute Gasteiger partial charge is 0.119 e. The van der Waals surface area contributed by atoms with E-state index in [4.69, 9.17) is 15.2 Å². The second-order valence-corrected chi connectivity index (χ2v) is 4.16. The van der Waals surface area contributed by atoms with Crippen LogP contribution in [0.3, 0.4) is 0 Å². The summed E-state index contributed by atoms with van der Waals surface area (Å²) >= 11 is 0. The molecule has 0 aromatic heterocycles. The maximum atomic E-state index is 6.00. The highest BCUT2D eigenvalue weighted by Crippen LogP contribution is 2.29. The van der Waals surface area contributed by atoms with E-state index in [1.807, 2.05) is 18.2 Å². The molecule has 3 heteroatoms. The van der Waals surface area contributed by atoms with E-state index in [1.165, 1.54) is 0 Å². The number of nitrogens with two attached hydrogens (primary N) is 1. The molecule has 0 radical (unpaired) electrons. The van der Waals surface area contributed by atoms with Crippen LogP contribution >= 0.6 is 0 Å². The summed E-state index contributed by atoms with van der Waals surface area (Å²) in [4.78, 5) is 0. The molecule has 88 valence electrons. The van der Waals surface area contributed by atoms with Gasteiger partial charge in [-0.3, -0.25) is 0 Å². The van der Waals surface area contributed by atoms with Gasteiger partial charge in [0.05, 0.1) is 12.7 Å². The van der Waals surface area contributed by atoms with E-state index in [0.717, 1.165) is 37.4 Å². The fourth-order valence-electron chi connectivity index (χ4n) is 1.95. The van der Waals surface area contributed by atoms with Crippen molar-refractivity contribution in [1.29, 1.82) is 0 Å². The Kier molecular flexibility index (Phi) is 3.80. The van der Waals surface area contributed by atoms with E-state index in [2.05, 4.69) is 13.0 Å². The number of benzene rings is 1. The summed E-state index contributed by atoms with van der Waals surface area (Å²) in [6, 6.07) is 8.16. The quantitative estimate of drug-likeness (QED) is 0.848. The van der Waals surface area contributed by atoms with Crippen molar-refractivity contribution in [2.75, 3.05) is 13.2 Å². The van der Waals surface area contributed by atoms with Crippen LogP contribution in [0.15, 0.2) is 24.3 Å². The van der Waals surface area contributed by atoms with Gasteiger partial charge in [0.2, 0.25) is 0 Å². The molecule has 1 fully saturated rings. The summed E-state index contributed by atoms with van der Waals surface area (Å²) in [6.07, 6.45) is 1.99. The molecule has 1 aliphatic heterocycles. The Bertz CT molecular complexity index is 340. The highest BCUT2D eigenvalue weighted by Gasteiger charge is 2.26. The van der Waals surface area contributed by atoms with Gasteiger partial charge in [0.1, 0.15) is 5.75 Å². The Morgan fingerprint density at radius 2 is 2.38 bits per heavy atom. The lowest BCUT2D eigenvalue weighted by molar-refractivity contribution is 0.105. The Balaban J connectivity index is 2.09. The minimum atomic E-state index is 0.0326. The van der Waals surface area contributed by atoms with Crippen LogP contribution in [-0.4, -0.2) is 19.3 Å². The lowest BCUT2D eigenvalue weighted by Gasteiger charge is -2.16. The van der Waals surface area contributed by atoms with Crippen molar-refractivity contribution < 1.29 is 9.47 Å². The molecule has 1 aliphatic rings. The largest absolute Gasteiger partial charge is 0.494 e. The van der Waals surface area contributed by atoms with Crippen LogP contribution in [0, 0.1) is 0 Å². The summed E-state index contributed by atoms with van der Waals surface area (Å²) in [6.45, 7) is 3.60. The SMILES string of the molecule is CCCOc1cccc(C2OCCC2N)c1. The summed E-state index contributed by atoms with van der Waals surface area (Å²) < 4.78 is 11.2. The van der Waals surface area contributed by atoms with E-state index in [0.29, 0.717) is 0 Å². The van der Waals surface area contributed by atoms with Crippen molar-refractivity contribution in [3.8, 4) is 5.75 Å². The first-order valence-corrected chi connectivity index (χ1v) is 5.91. The van der Waals surface area contributed by atoms with E-state index < -0.39 is 0 Å². The van der Waals surface area contributed by atoms with Gasteiger partial charge < -0.3 is 15.2 Å². The molecule has 2 N–H and O–H groups in total. The summed E-state index contributed by atoms with van der Waals surface area (Å²) in [5.41, 5.74) is 7.12. The summed E-state index contributed by atoms with van der Waals surface area (Å²) in [5, 5.41) is 0. The zero-order valence-corrected chi connectivity index (χ0v) is 9.69. The third kappa shape index (κ3) is 2.54. The molecule has 0 saturated carbocycles. The van der Waals surface area contributed by atoms with Gasteiger partial charge >= 0.3 is 0 Å². The standard InChI is InChI=1S/C13H19NO2/c1-2-7-15-11-5-3-4-10(9-11)13-12(14)6-8-16-13/h3-5,9,12-13H,2,6-8,14H2,1H3. The first kappa shape index (κ1) is 11.4. The Morgan fingerprint density at radius 1 is 1.50 bits per heavy atom. The predicted molar refractivity (Wildman–Crippen MR) is 63.5 cm³/mol. The average Bonchev–Trinajstić information content (AvgIpc) is 2.73. The highest BCUT2D eigenvalue weighted by atomic mass is 16.5. The summed E-state index contributed by atoms with van der Waals surface area (Å²) in [5.74, 6) is 0.905. The van der Waals surface area contributed by atoms with Crippen LogP contribution in [-0.2, 0) is 4.74 Å². The number of hydrogen-bond donors (Lipinski definition) is 1. The number of ether oxygens (including phenoxy) is 2. The zero-order chi connectivity index (χ0) is 11.4. The van der Waals surface area contributed by atoms with Gasteiger partial charge in [-0.1, -0.05) is 19.1 Å². The fourth-order valence-corrected chi connectivity index (χ4v) is 1.95. The van der Waals surface area contributed by atoms with Crippen LogP contribution in [0.5, 0.6) is 5.75 Å². The molecule has 0 bridgehead atoms. The van der Waals surface area contributed by atoms with E-state index in [9.17, 15) is 0 Å². The van der Waals surface area contributed by atoms with Crippen LogP contribution in [0.4, 0.5) is 0 Å². The lowest BCUT2D eigenvalue weighted by atomic mass is 10.0. The zero-order valence-electron chi connectivity index (χ0n) is 9.69. The molecule has 16 heavy (non-hydrogen) atoms. The molecular weight excluding hydrogens is 202 g/mol. The van der Waals surface area contributed by atoms with Gasteiger partial charge in [-0.2, -0.15) is 0 Å². The van der Waals surface area contributed by atoms with Crippen molar-refractivity contribution in [1.82, 2.24) is 0 Å². The van der Waals surface area contributed by atoms with Crippen LogP contribution in [0.25, 0.3) is 0 Å². The van der Waals surface area contributed by atoms with Gasteiger partial charge in [0.25, 0.3) is 0 Å². The molecule has 2 atom stereocenters. The van der Waals surface area contributed by atoms with E-state index in [1.54, 1.807) is 0 Å². The predicted octanol–water partition coefficient (Wildman–Crippen LogP) is 2.26. The van der Waals surface area contributed by atoms with Crippen molar-refractivity contribution in [2.45, 2.75) is 31.9 Å². The molecule has 1 saturated heterocycles. The summed E-state index contributed by atoms with van der Waals surface area (Å²) in [7, 11) is 0. The molecule has 1 aromatic rings. The number of rotatable bonds is 4. The minimum absolute atomic E-state index is 0.0326. The maximum absolute atomic E-state index is 6.00. The minimum Gasteiger partial charge on any atom is -0.494 e. The van der Waals surface area contributed by atoms with E-state index in [-0.39, 0.29) is 12.1 Å². The fraction of sp³-hybridized carbons (Fsp3) is 0.538. The van der Waals surface area contributed by atoms with Crippen LogP contribution < -0.4 is 10.5 Å². The topological polar surface area (TPSA) is 44.5 Å². The lowest BCUT2D eigenvalue weighted by Crippen LogP contribution is -2.23. The highest BCUT2D eigenvalue weighted by molar-refractivity contribution is 5.31. The van der Waals surface area contributed by atoms with E-state index >= 15 is 0 Å². The monoisotopic (exact) mass is 221 g/mol. The van der Waals surface area contributed by atoms with Crippen molar-refractivity contribution in [3.63, 3.8) is 0 Å². The second-order valence-electron chi connectivity index (χ2n) is 4.16. The normalized spacial score (nSPS) is 24.6. The third-order valence-electron chi connectivity index (χ3n) is 2.80. The van der Waals surface area contributed by atoms with Gasteiger partial charge in [-0.25, -0.2) is 0 Å². The molecule has 0 spiro atoms. The number of hydrogen-bond acceptors (Lipinski definition) is 3. The van der Waals surface area contributed by atoms with Crippen LogP contribution in [0.2, 0.25) is 0 Å².